The van der Waals surface area contributed by atoms with Crippen LogP contribution in [-0.4, -0.2) is 12.1 Å². The molecular formula is C7H6F2INO2. The van der Waals surface area contributed by atoms with Crippen LogP contribution in [0, 0.1) is 3.57 Å². The summed E-state index contributed by atoms with van der Waals surface area (Å²) in [5.41, 5.74) is -1.03. The Bertz CT molecular complexity index is 364. The normalized spacial score (nSPS) is 10.5. The number of hydrogen-bond donors (Lipinski definition) is 1. The Morgan fingerprint density at radius 3 is 2.69 bits per heavy atom. The maximum absolute atomic E-state index is 12.3. The summed E-state index contributed by atoms with van der Waals surface area (Å²) in [6, 6.07) is 1.20. The quantitative estimate of drug-likeness (QED) is 0.848. The van der Waals surface area contributed by atoms with Crippen molar-refractivity contribution in [3.63, 3.8) is 0 Å². The van der Waals surface area contributed by atoms with E-state index in [1.165, 1.54) is 13.2 Å². The number of aromatic amines is 1. The molecule has 0 saturated carbocycles. The van der Waals surface area contributed by atoms with Crippen molar-refractivity contribution in [1.82, 2.24) is 4.98 Å². The molecule has 0 fully saturated rings. The van der Waals surface area contributed by atoms with E-state index in [9.17, 15) is 13.6 Å². The fraction of sp³-hybridized carbons (Fsp3) is 0.286. The highest BCUT2D eigenvalue weighted by molar-refractivity contribution is 14.1. The largest absolute Gasteiger partial charge is 0.494 e. The zero-order valence-corrected chi connectivity index (χ0v) is 8.76. The van der Waals surface area contributed by atoms with E-state index in [1.807, 2.05) is 4.98 Å². The van der Waals surface area contributed by atoms with Gasteiger partial charge in [-0.3, -0.25) is 4.79 Å². The molecular weight excluding hydrogens is 295 g/mol. The van der Waals surface area contributed by atoms with Gasteiger partial charge in [-0.15, -0.1) is 0 Å². The van der Waals surface area contributed by atoms with Gasteiger partial charge in [0.15, 0.2) is 5.75 Å². The van der Waals surface area contributed by atoms with Gasteiger partial charge in [0.1, 0.15) is 5.69 Å². The second-order valence-corrected chi connectivity index (χ2v) is 3.39. The molecule has 0 amide bonds. The predicted octanol–water partition coefficient (Wildman–Crippen LogP) is 1.93. The van der Waals surface area contributed by atoms with Crippen molar-refractivity contribution in [3.8, 4) is 5.75 Å². The van der Waals surface area contributed by atoms with Gasteiger partial charge in [-0.05, 0) is 22.6 Å². The van der Waals surface area contributed by atoms with E-state index in [1.54, 1.807) is 22.6 Å². The van der Waals surface area contributed by atoms with Gasteiger partial charge in [0.05, 0.1) is 10.7 Å². The maximum atomic E-state index is 12.3. The van der Waals surface area contributed by atoms with Crippen molar-refractivity contribution in [3.05, 3.63) is 25.7 Å². The number of rotatable bonds is 2. The minimum Gasteiger partial charge on any atom is -0.494 e. The minimum atomic E-state index is -2.74. The van der Waals surface area contributed by atoms with Gasteiger partial charge in [-0.2, -0.15) is 0 Å². The number of methoxy groups -OCH3 is 1. The third-order valence-corrected chi connectivity index (χ3v) is 2.20. The van der Waals surface area contributed by atoms with Crippen molar-refractivity contribution >= 4 is 22.6 Å². The van der Waals surface area contributed by atoms with Crippen LogP contribution in [-0.2, 0) is 0 Å². The molecule has 1 aromatic rings. The molecule has 6 heteroatoms. The summed E-state index contributed by atoms with van der Waals surface area (Å²) in [5.74, 6) is 0.0233. The summed E-state index contributed by atoms with van der Waals surface area (Å²) in [7, 11) is 1.28. The maximum Gasteiger partial charge on any atom is 0.282 e. The van der Waals surface area contributed by atoms with Gasteiger partial charge < -0.3 is 9.72 Å². The van der Waals surface area contributed by atoms with Crippen LogP contribution in [0.3, 0.4) is 0 Å². The van der Waals surface area contributed by atoms with Crippen molar-refractivity contribution in [1.29, 1.82) is 0 Å². The molecule has 72 valence electrons. The summed E-state index contributed by atoms with van der Waals surface area (Å²) in [4.78, 5) is 12.9. The van der Waals surface area contributed by atoms with Crippen LogP contribution < -0.4 is 10.3 Å². The lowest BCUT2D eigenvalue weighted by molar-refractivity contribution is 0.141. The van der Waals surface area contributed by atoms with Crippen LogP contribution in [0.2, 0.25) is 0 Å². The molecule has 13 heavy (non-hydrogen) atoms. The lowest BCUT2D eigenvalue weighted by Gasteiger charge is -2.08. The van der Waals surface area contributed by atoms with E-state index in [4.69, 9.17) is 4.74 Å². The number of pyridine rings is 1. The fourth-order valence-corrected chi connectivity index (χ4v) is 1.69. The molecule has 0 aromatic carbocycles. The molecule has 1 heterocycles. The standard InChI is InChI=1S/C7H6F2INO2/c1-13-6-3(10)2-4(12)11-5(6)7(8)9/h2,7H,1H3,(H,11,12). The smallest absolute Gasteiger partial charge is 0.282 e. The van der Waals surface area contributed by atoms with Gasteiger partial charge >= 0.3 is 0 Å². The first-order valence-electron chi connectivity index (χ1n) is 3.31. The van der Waals surface area contributed by atoms with E-state index >= 15 is 0 Å². The molecule has 1 aromatic heterocycles. The Balaban J connectivity index is 3.38. The Morgan fingerprint density at radius 2 is 2.23 bits per heavy atom. The Kier molecular flexibility index (Phi) is 3.23. The molecule has 0 saturated heterocycles. The van der Waals surface area contributed by atoms with Crippen LogP contribution in [0.5, 0.6) is 5.75 Å². The van der Waals surface area contributed by atoms with Crippen LogP contribution >= 0.6 is 22.6 Å². The number of H-pyrrole nitrogens is 1. The van der Waals surface area contributed by atoms with Gasteiger partial charge in [0.2, 0.25) is 5.56 Å². The molecule has 3 nitrogen and oxygen atoms in total. The van der Waals surface area contributed by atoms with Crippen LogP contribution in [0.25, 0.3) is 0 Å². The summed E-state index contributed by atoms with van der Waals surface area (Å²) in [5, 5.41) is 0. The SMILES string of the molecule is COc1c(I)cc(=O)[nH]c1C(F)F. The molecule has 0 bridgehead atoms. The minimum absolute atomic E-state index is 0.0233. The lowest BCUT2D eigenvalue weighted by atomic mass is 10.3. The summed E-state index contributed by atoms with van der Waals surface area (Å²) >= 11 is 1.77. The molecule has 0 aliphatic rings. The van der Waals surface area contributed by atoms with Gasteiger partial charge in [0.25, 0.3) is 6.43 Å². The Morgan fingerprint density at radius 1 is 1.62 bits per heavy atom. The lowest BCUT2D eigenvalue weighted by Crippen LogP contribution is -2.11. The van der Waals surface area contributed by atoms with Gasteiger partial charge in [-0.1, -0.05) is 0 Å². The number of aromatic nitrogens is 1. The summed E-state index contributed by atoms with van der Waals surface area (Å²) < 4.78 is 29.8. The first-order chi connectivity index (χ1) is 6.06. The van der Waals surface area contributed by atoms with Crippen molar-refractivity contribution in [2.45, 2.75) is 6.43 Å². The number of ether oxygens (including phenoxy) is 1. The van der Waals surface area contributed by atoms with Gasteiger partial charge in [0, 0.05) is 6.07 Å². The first-order valence-corrected chi connectivity index (χ1v) is 4.39. The van der Waals surface area contributed by atoms with Crippen molar-refractivity contribution in [2.75, 3.05) is 7.11 Å². The number of nitrogens with one attached hydrogen (secondary N) is 1. The Labute approximate surface area is 86.2 Å². The number of halogens is 3. The first kappa shape index (κ1) is 10.4. The molecule has 1 rings (SSSR count). The Hall–Kier alpha value is -0.660. The predicted molar refractivity (Wildman–Crippen MR) is 51.3 cm³/mol. The highest BCUT2D eigenvalue weighted by Gasteiger charge is 2.17. The van der Waals surface area contributed by atoms with Crippen LogP contribution in [0.15, 0.2) is 10.9 Å². The molecule has 0 unspecified atom stereocenters. The molecule has 0 aliphatic carbocycles. The van der Waals surface area contributed by atoms with E-state index in [-0.39, 0.29) is 5.75 Å². The third-order valence-electron chi connectivity index (χ3n) is 1.40. The van der Waals surface area contributed by atoms with E-state index in [0.717, 1.165) is 0 Å². The highest BCUT2D eigenvalue weighted by atomic mass is 127. The highest BCUT2D eigenvalue weighted by Crippen LogP contribution is 2.29. The number of hydrogen-bond acceptors (Lipinski definition) is 2. The van der Waals surface area contributed by atoms with Crippen LogP contribution in [0.1, 0.15) is 12.1 Å². The monoisotopic (exact) mass is 301 g/mol. The molecule has 0 radical (unpaired) electrons. The zero-order chi connectivity index (χ0) is 10.0. The molecule has 0 aliphatic heterocycles. The zero-order valence-electron chi connectivity index (χ0n) is 6.61. The van der Waals surface area contributed by atoms with E-state index in [2.05, 4.69) is 0 Å². The average Bonchev–Trinajstić information content (AvgIpc) is 2.02. The fourth-order valence-electron chi connectivity index (χ4n) is 0.896. The van der Waals surface area contributed by atoms with Crippen LogP contribution in [0.4, 0.5) is 8.78 Å². The number of alkyl halides is 2. The molecule has 1 N–H and O–H groups in total. The van der Waals surface area contributed by atoms with E-state index < -0.39 is 17.7 Å². The molecule has 0 atom stereocenters. The summed E-state index contributed by atoms with van der Waals surface area (Å²) in [6.07, 6.45) is -2.74. The van der Waals surface area contributed by atoms with Gasteiger partial charge in [-0.25, -0.2) is 8.78 Å². The average molecular weight is 301 g/mol. The third kappa shape index (κ3) is 2.17. The second-order valence-electron chi connectivity index (χ2n) is 2.23. The topological polar surface area (TPSA) is 42.1 Å². The van der Waals surface area contributed by atoms with Crippen molar-refractivity contribution in [2.24, 2.45) is 0 Å². The van der Waals surface area contributed by atoms with Crippen molar-refractivity contribution < 1.29 is 13.5 Å². The second kappa shape index (κ2) is 4.03. The molecule has 0 spiro atoms. The summed E-state index contributed by atoms with van der Waals surface area (Å²) in [6.45, 7) is 0. The van der Waals surface area contributed by atoms with E-state index in [0.29, 0.717) is 3.57 Å².